The number of nitrogens with zero attached hydrogens (tertiary/aromatic N) is 5. The van der Waals surface area contributed by atoms with Crippen LogP contribution in [0, 0.1) is 5.92 Å². The molecule has 110 valence electrons. The van der Waals surface area contributed by atoms with Crippen molar-refractivity contribution in [2.45, 2.75) is 76.4 Å². The van der Waals surface area contributed by atoms with Crippen LogP contribution in [0.5, 0.6) is 0 Å². The Morgan fingerprint density at radius 1 is 1.00 bits per heavy atom. The molecule has 3 saturated carbocycles. The molecular formula is C15H25N5. The van der Waals surface area contributed by atoms with E-state index < -0.39 is 0 Å². The fraction of sp³-hybridized carbons (Fsp3) is 0.933. The highest BCUT2D eigenvalue weighted by Gasteiger charge is 2.34. The van der Waals surface area contributed by atoms with Gasteiger partial charge in [-0.3, -0.25) is 4.90 Å². The first-order chi connectivity index (χ1) is 9.90. The van der Waals surface area contributed by atoms with Gasteiger partial charge in [-0.25, -0.2) is 4.68 Å². The first kappa shape index (κ1) is 12.7. The second-order valence-corrected chi connectivity index (χ2v) is 6.94. The number of rotatable bonds is 6. The third kappa shape index (κ3) is 2.87. The van der Waals surface area contributed by atoms with Crippen molar-refractivity contribution < 1.29 is 0 Å². The van der Waals surface area contributed by atoms with Crippen molar-refractivity contribution in [3.05, 3.63) is 5.82 Å². The zero-order valence-corrected chi connectivity index (χ0v) is 12.2. The average molecular weight is 275 g/mol. The van der Waals surface area contributed by atoms with Gasteiger partial charge in [0.05, 0.1) is 12.6 Å². The maximum Gasteiger partial charge on any atom is 0.165 e. The minimum Gasteiger partial charge on any atom is -0.293 e. The molecule has 5 heteroatoms. The molecule has 5 nitrogen and oxygen atoms in total. The molecular weight excluding hydrogens is 250 g/mol. The van der Waals surface area contributed by atoms with Gasteiger partial charge in [0, 0.05) is 12.6 Å². The highest BCUT2D eigenvalue weighted by molar-refractivity contribution is 4.94. The van der Waals surface area contributed by atoms with Crippen LogP contribution < -0.4 is 0 Å². The van der Waals surface area contributed by atoms with Crippen LogP contribution in [0.25, 0.3) is 0 Å². The van der Waals surface area contributed by atoms with E-state index in [0.29, 0.717) is 6.04 Å². The summed E-state index contributed by atoms with van der Waals surface area (Å²) in [6.45, 7) is 2.23. The fourth-order valence-corrected chi connectivity index (χ4v) is 3.58. The number of tetrazole rings is 1. The summed E-state index contributed by atoms with van der Waals surface area (Å²) >= 11 is 0. The molecule has 1 aromatic rings. The normalized spacial score (nSPS) is 24.4. The summed E-state index contributed by atoms with van der Waals surface area (Å²) < 4.78 is 2.08. The van der Waals surface area contributed by atoms with E-state index in [1.165, 1.54) is 64.3 Å². The van der Waals surface area contributed by atoms with Crippen LogP contribution in [-0.2, 0) is 6.54 Å². The van der Waals surface area contributed by atoms with E-state index in [2.05, 4.69) is 25.1 Å². The average Bonchev–Trinajstić information content (AvgIpc) is 3.39. The van der Waals surface area contributed by atoms with E-state index >= 15 is 0 Å². The smallest absolute Gasteiger partial charge is 0.165 e. The molecule has 0 N–H and O–H groups in total. The molecule has 0 aliphatic heterocycles. The minimum atomic E-state index is 0.593. The molecule has 3 aliphatic rings. The number of aromatic nitrogens is 4. The molecule has 0 spiro atoms. The van der Waals surface area contributed by atoms with Crippen LogP contribution >= 0.6 is 0 Å². The summed E-state index contributed by atoms with van der Waals surface area (Å²) in [5.74, 6) is 2.00. The van der Waals surface area contributed by atoms with Crippen LogP contribution in [0.3, 0.4) is 0 Å². The zero-order valence-electron chi connectivity index (χ0n) is 12.2. The Morgan fingerprint density at radius 2 is 1.80 bits per heavy atom. The van der Waals surface area contributed by atoms with Gasteiger partial charge < -0.3 is 0 Å². The second-order valence-electron chi connectivity index (χ2n) is 6.94. The van der Waals surface area contributed by atoms with Crippen molar-refractivity contribution in [2.75, 3.05) is 6.54 Å². The standard InChI is InChI=1S/C15H25N5/c1-2-4-12(5-3-1)10-19(13-6-7-13)11-15-16-17-18-20(15)14-8-9-14/h12-14H,1-11H2. The quantitative estimate of drug-likeness (QED) is 0.800. The maximum absolute atomic E-state index is 4.28. The molecule has 0 bridgehead atoms. The Labute approximate surface area is 120 Å². The maximum atomic E-state index is 4.28. The van der Waals surface area contributed by atoms with Gasteiger partial charge >= 0.3 is 0 Å². The molecule has 1 heterocycles. The van der Waals surface area contributed by atoms with E-state index in [0.717, 1.165) is 24.3 Å². The molecule has 0 aromatic carbocycles. The first-order valence-electron chi connectivity index (χ1n) is 8.41. The van der Waals surface area contributed by atoms with Crippen molar-refractivity contribution in [1.29, 1.82) is 0 Å². The first-order valence-corrected chi connectivity index (χ1v) is 8.41. The summed E-state index contributed by atoms with van der Waals surface area (Å²) in [5.41, 5.74) is 0. The van der Waals surface area contributed by atoms with Gasteiger partial charge in [-0.15, -0.1) is 5.10 Å². The Kier molecular flexibility index (Phi) is 3.46. The van der Waals surface area contributed by atoms with Crippen LogP contribution in [0.1, 0.15) is 69.7 Å². The highest BCUT2D eigenvalue weighted by Crippen LogP contribution is 2.36. The van der Waals surface area contributed by atoms with Crippen LogP contribution in [0.2, 0.25) is 0 Å². The Balaban J connectivity index is 1.41. The molecule has 0 unspecified atom stereocenters. The Morgan fingerprint density at radius 3 is 2.50 bits per heavy atom. The lowest BCUT2D eigenvalue weighted by Crippen LogP contribution is -2.33. The summed E-state index contributed by atoms with van der Waals surface area (Å²) in [4.78, 5) is 2.67. The van der Waals surface area contributed by atoms with Crippen molar-refractivity contribution in [2.24, 2.45) is 5.92 Å². The monoisotopic (exact) mass is 275 g/mol. The fourth-order valence-electron chi connectivity index (χ4n) is 3.58. The van der Waals surface area contributed by atoms with Crippen LogP contribution in [0.15, 0.2) is 0 Å². The highest BCUT2D eigenvalue weighted by atomic mass is 15.6. The van der Waals surface area contributed by atoms with Crippen molar-refractivity contribution in [1.82, 2.24) is 25.1 Å². The van der Waals surface area contributed by atoms with E-state index in [1.54, 1.807) is 0 Å². The Hall–Kier alpha value is -0.970. The van der Waals surface area contributed by atoms with E-state index in [1.807, 2.05) is 0 Å². The molecule has 4 rings (SSSR count). The van der Waals surface area contributed by atoms with Gasteiger partial charge in [-0.1, -0.05) is 19.3 Å². The lowest BCUT2D eigenvalue weighted by atomic mass is 9.89. The molecule has 0 amide bonds. The van der Waals surface area contributed by atoms with Gasteiger partial charge in [0.1, 0.15) is 0 Å². The van der Waals surface area contributed by atoms with E-state index in [-0.39, 0.29) is 0 Å². The molecule has 0 radical (unpaired) electrons. The predicted molar refractivity (Wildman–Crippen MR) is 76.1 cm³/mol. The van der Waals surface area contributed by atoms with Crippen molar-refractivity contribution in [3.8, 4) is 0 Å². The Bertz CT molecular complexity index is 443. The van der Waals surface area contributed by atoms with Crippen LogP contribution in [-0.4, -0.2) is 37.7 Å². The van der Waals surface area contributed by atoms with Gasteiger partial charge in [0.25, 0.3) is 0 Å². The van der Waals surface area contributed by atoms with Gasteiger partial charge in [-0.2, -0.15) is 0 Å². The molecule has 0 saturated heterocycles. The van der Waals surface area contributed by atoms with Crippen molar-refractivity contribution in [3.63, 3.8) is 0 Å². The van der Waals surface area contributed by atoms with Gasteiger partial charge in [-0.05, 0) is 54.9 Å². The summed E-state index contributed by atoms with van der Waals surface area (Å²) in [7, 11) is 0. The van der Waals surface area contributed by atoms with Crippen molar-refractivity contribution >= 4 is 0 Å². The van der Waals surface area contributed by atoms with E-state index in [9.17, 15) is 0 Å². The van der Waals surface area contributed by atoms with Gasteiger partial charge in [0.2, 0.25) is 0 Å². The van der Waals surface area contributed by atoms with Crippen LogP contribution in [0.4, 0.5) is 0 Å². The molecule has 3 fully saturated rings. The largest absolute Gasteiger partial charge is 0.293 e. The summed E-state index contributed by atoms with van der Waals surface area (Å²) in [6.07, 6.45) is 12.4. The van der Waals surface area contributed by atoms with Gasteiger partial charge in [0.15, 0.2) is 5.82 Å². The molecule has 1 aromatic heterocycles. The van der Waals surface area contributed by atoms with E-state index in [4.69, 9.17) is 0 Å². The SMILES string of the molecule is C1CCC(CN(Cc2nnnn2C2CC2)C2CC2)CC1. The second kappa shape index (κ2) is 5.43. The minimum absolute atomic E-state index is 0.593. The molecule has 3 aliphatic carbocycles. The number of hydrogen-bond donors (Lipinski definition) is 0. The molecule has 20 heavy (non-hydrogen) atoms. The third-order valence-corrected chi connectivity index (χ3v) is 5.08. The summed E-state index contributed by atoms with van der Waals surface area (Å²) in [6, 6.07) is 1.40. The zero-order chi connectivity index (χ0) is 13.4. The predicted octanol–water partition coefficient (Wildman–Crippen LogP) is 2.55. The topological polar surface area (TPSA) is 46.8 Å². The summed E-state index contributed by atoms with van der Waals surface area (Å²) in [5, 5.41) is 12.4. The molecule has 0 atom stereocenters. The third-order valence-electron chi connectivity index (χ3n) is 5.08. The number of hydrogen-bond acceptors (Lipinski definition) is 4. The lowest BCUT2D eigenvalue weighted by molar-refractivity contribution is 0.179. The lowest BCUT2D eigenvalue weighted by Gasteiger charge is -2.29.